The summed E-state index contributed by atoms with van der Waals surface area (Å²) in [5.41, 5.74) is 7.62. The van der Waals surface area contributed by atoms with E-state index in [9.17, 15) is 0 Å². The highest BCUT2D eigenvalue weighted by Crippen LogP contribution is 2.30. The Morgan fingerprint density at radius 1 is 1.22 bits per heavy atom. The minimum atomic E-state index is 0.634. The van der Waals surface area contributed by atoms with Gasteiger partial charge in [-0.3, -0.25) is 0 Å². The molecule has 18 heavy (non-hydrogen) atoms. The number of hydrogen-bond donors (Lipinski definition) is 1. The Hall–Kier alpha value is -0.940. The fraction of sp³-hybridized carbons (Fsp3) is 0.143. The molecular formula is C14H13ClINO. The molecule has 2 rings (SSSR count). The van der Waals surface area contributed by atoms with Gasteiger partial charge in [0.15, 0.2) is 0 Å². The molecule has 0 atom stereocenters. The van der Waals surface area contributed by atoms with E-state index in [0.29, 0.717) is 11.4 Å². The van der Waals surface area contributed by atoms with Crippen molar-refractivity contribution in [3.05, 3.63) is 50.6 Å². The number of halogens is 2. The maximum absolute atomic E-state index is 6.07. The van der Waals surface area contributed by atoms with Crippen LogP contribution in [0, 0.1) is 3.57 Å². The van der Waals surface area contributed by atoms with Gasteiger partial charge in [-0.2, -0.15) is 0 Å². The van der Waals surface area contributed by atoms with Gasteiger partial charge in [-0.1, -0.05) is 18.5 Å². The van der Waals surface area contributed by atoms with E-state index in [0.717, 1.165) is 26.3 Å². The third-order valence-electron chi connectivity index (χ3n) is 2.60. The fourth-order valence-corrected chi connectivity index (χ4v) is 2.39. The van der Waals surface area contributed by atoms with Gasteiger partial charge in [-0.05, 0) is 71.0 Å². The Balaban J connectivity index is 2.28. The lowest BCUT2D eigenvalue weighted by atomic mass is 10.1. The largest absolute Gasteiger partial charge is 0.455 e. The van der Waals surface area contributed by atoms with E-state index in [1.165, 1.54) is 0 Å². The van der Waals surface area contributed by atoms with Crippen LogP contribution in [0.2, 0.25) is 5.02 Å². The van der Waals surface area contributed by atoms with Crippen molar-refractivity contribution in [2.24, 2.45) is 0 Å². The van der Waals surface area contributed by atoms with Crippen LogP contribution in [0.1, 0.15) is 12.5 Å². The van der Waals surface area contributed by atoms with Crippen LogP contribution in [-0.2, 0) is 6.42 Å². The lowest BCUT2D eigenvalue weighted by Crippen LogP contribution is -1.93. The Labute approximate surface area is 125 Å². The molecule has 94 valence electrons. The summed E-state index contributed by atoms with van der Waals surface area (Å²) >= 11 is 8.29. The van der Waals surface area contributed by atoms with Gasteiger partial charge in [0.05, 0.1) is 5.69 Å². The number of rotatable bonds is 3. The van der Waals surface area contributed by atoms with Crippen LogP contribution >= 0.6 is 34.2 Å². The summed E-state index contributed by atoms with van der Waals surface area (Å²) in [6.45, 7) is 2.06. The number of hydrogen-bond acceptors (Lipinski definition) is 2. The Morgan fingerprint density at radius 2 is 2.00 bits per heavy atom. The van der Waals surface area contributed by atoms with Crippen molar-refractivity contribution >= 4 is 39.9 Å². The number of anilines is 1. The molecule has 0 amide bonds. The normalized spacial score (nSPS) is 10.4. The molecule has 0 radical (unpaired) electrons. The van der Waals surface area contributed by atoms with Crippen molar-refractivity contribution < 1.29 is 4.74 Å². The zero-order valence-corrected chi connectivity index (χ0v) is 12.8. The number of ether oxygens (including phenoxy) is 1. The van der Waals surface area contributed by atoms with Crippen LogP contribution < -0.4 is 10.5 Å². The molecule has 2 aromatic rings. The molecule has 4 heteroatoms. The van der Waals surface area contributed by atoms with Crippen LogP contribution in [0.15, 0.2) is 36.4 Å². The third-order valence-corrected chi connectivity index (χ3v) is 3.64. The van der Waals surface area contributed by atoms with Crippen LogP contribution in [0.3, 0.4) is 0 Å². The average molecular weight is 374 g/mol. The molecule has 0 saturated carbocycles. The first kappa shape index (κ1) is 13.5. The third kappa shape index (κ3) is 3.09. The van der Waals surface area contributed by atoms with Crippen molar-refractivity contribution in [2.75, 3.05) is 5.73 Å². The highest BCUT2D eigenvalue weighted by Gasteiger charge is 2.05. The molecule has 2 aromatic carbocycles. The van der Waals surface area contributed by atoms with Gasteiger partial charge in [0, 0.05) is 8.59 Å². The van der Waals surface area contributed by atoms with Gasteiger partial charge in [0.2, 0.25) is 0 Å². The predicted molar refractivity (Wildman–Crippen MR) is 84.5 cm³/mol. The molecule has 0 fully saturated rings. The number of nitrogen functional groups attached to an aromatic ring is 1. The highest BCUT2D eigenvalue weighted by molar-refractivity contribution is 14.1. The first-order valence-corrected chi connectivity index (χ1v) is 7.07. The second-order valence-electron chi connectivity index (χ2n) is 3.89. The van der Waals surface area contributed by atoms with Gasteiger partial charge in [0.1, 0.15) is 11.5 Å². The average Bonchev–Trinajstić information content (AvgIpc) is 2.35. The van der Waals surface area contributed by atoms with E-state index in [1.54, 1.807) is 0 Å². The molecule has 0 aromatic heterocycles. The zero-order valence-electron chi connectivity index (χ0n) is 9.91. The van der Waals surface area contributed by atoms with E-state index in [2.05, 4.69) is 29.5 Å². The minimum Gasteiger partial charge on any atom is -0.455 e. The first-order valence-electron chi connectivity index (χ1n) is 5.61. The monoisotopic (exact) mass is 373 g/mol. The van der Waals surface area contributed by atoms with E-state index < -0.39 is 0 Å². The number of nitrogens with two attached hydrogens (primary N) is 1. The van der Waals surface area contributed by atoms with Crippen molar-refractivity contribution in [1.29, 1.82) is 0 Å². The van der Waals surface area contributed by atoms with Crippen molar-refractivity contribution in [3.63, 3.8) is 0 Å². The molecule has 0 aliphatic carbocycles. The molecule has 0 heterocycles. The smallest absolute Gasteiger partial charge is 0.150 e. The summed E-state index contributed by atoms with van der Waals surface area (Å²) in [6.07, 6.45) is 0.873. The molecule has 0 aliphatic rings. The van der Waals surface area contributed by atoms with Gasteiger partial charge in [-0.25, -0.2) is 0 Å². The maximum atomic E-state index is 6.07. The predicted octanol–water partition coefficient (Wildman–Crippen LogP) is 4.88. The molecule has 2 nitrogen and oxygen atoms in total. The lowest BCUT2D eigenvalue weighted by molar-refractivity contribution is 0.484. The SMILES string of the molecule is CCc1cc(Oc2ccc(I)cc2N)ccc1Cl. The summed E-state index contributed by atoms with van der Waals surface area (Å²) in [7, 11) is 0. The Morgan fingerprint density at radius 3 is 2.67 bits per heavy atom. The molecule has 2 N–H and O–H groups in total. The Bertz CT molecular complexity index is 572. The second kappa shape index (κ2) is 5.80. The highest BCUT2D eigenvalue weighted by atomic mass is 127. The quantitative estimate of drug-likeness (QED) is 0.614. The van der Waals surface area contributed by atoms with E-state index in [4.69, 9.17) is 22.1 Å². The molecule has 0 aliphatic heterocycles. The fourth-order valence-electron chi connectivity index (χ4n) is 1.62. The summed E-state index contributed by atoms with van der Waals surface area (Å²) in [5, 5.41) is 0.764. The lowest BCUT2D eigenvalue weighted by Gasteiger charge is -2.10. The van der Waals surface area contributed by atoms with E-state index in [-0.39, 0.29) is 0 Å². The van der Waals surface area contributed by atoms with Crippen molar-refractivity contribution in [1.82, 2.24) is 0 Å². The minimum absolute atomic E-state index is 0.634. The number of benzene rings is 2. The van der Waals surface area contributed by atoms with Crippen LogP contribution in [-0.4, -0.2) is 0 Å². The van der Waals surface area contributed by atoms with Crippen LogP contribution in [0.25, 0.3) is 0 Å². The summed E-state index contributed by atoms with van der Waals surface area (Å²) in [4.78, 5) is 0. The molecule has 0 unspecified atom stereocenters. The van der Waals surface area contributed by atoms with Crippen LogP contribution in [0.4, 0.5) is 5.69 Å². The summed E-state index contributed by atoms with van der Waals surface area (Å²) in [5.74, 6) is 1.42. The first-order chi connectivity index (χ1) is 8.60. The summed E-state index contributed by atoms with van der Waals surface area (Å²) < 4.78 is 6.86. The molecule has 0 spiro atoms. The second-order valence-corrected chi connectivity index (χ2v) is 5.54. The van der Waals surface area contributed by atoms with Gasteiger partial charge < -0.3 is 10.5 Å². The van der Waals surface area contributed by atoms with Gasteiger partial charge >= 0.3 is 0 Å². The van der Waals surface area contributed by atoms with E-state index in [1.807, 2.05) is 36.4 Å². The van der Waals surface area contributed by atoms with Gasteiger partial charge in [-0.15, -0.1) is 0 Å². The van der Waals surface area contributed by atoms with Crippen molar-refractivity contribution in [2.45, 2.75) is 13.3 Å². The van der Waals surface area contributed by atoms with Gasteiger partial charge in [0.25, 0.3) is 0 Å². The van der Waals surface area contributed by atoms with Crippen LogP contribution in [0.5, 0.6) is 11.5 Å². The zero-order chi connectivity index (χ0) is 13.1. The van der Waals surface area contributed by atoms with Crippen molar-refractivity contribution in [3.8, 4) is 11.5 Å². The summed E-state index contributed by atoms with van der Waals surface area (Å²) in [6, 6.07) is 11.4. The van der Waals surface area contributed by atoms with E-state index >= 15 is 0 Å². The Kier molecular flexibility index (Phi) is 4.35. The topological polar surface area (TPSA) is 35.2 Å². The maximum Gasteiger partial charge on any atom is 0.150 e. The number of aryl methyl sites for hydroxylation is 1. The standard InChI is InChI=1S/C14H13ClINO/c1-2-9-7-11(4-5-12(9)15)18-14-6-3-10(16)8-13(14)17/h3-8H,2,17H2,1H3. The molecule has 0 bridgehead atoms. The molecule has 0 saturated heterocycles. The molecular weight excluding hydrogens is 361 g/mol.